The predicted molar refractivity (Wildman–Crippen MR) is 81.9 cm³/mol. The highest BCUT2D eigenvalue weighted by Crippen LogP contribution is 2.17. The van der Waals surface area contributed by atoms with Crippen LogP contribution in [0.1, 0.15) is 23.0 Å². The first-order valence-electron chi connectivity index (χ1n) is 6.24. The Bertz CT molecular complexity index is 610. The number of hydrogen-bond donors (Lipinski definition) is 0. The number of hydrogen-bond acceptors (Lipinski definition) is 3. The van der Waals surface area contributed by atoms with Crippen LogP contribution in [0.3, 0.4) is 0 Å². The van der Waals surface area contributed by atoms with Gasteiger partial charge in [-0.25, -0.2) is 0 Å². The molecule has 5 heteroatoms. The molecule has 104 valence electrons. The molecular formula is C15H15BrN2O2. The molecular weight excluding hydrogens is 320 g/mol. The van der Waals surface area contributed by atoms with E-state index in [-0.39, 0.29) is 5.78 Å². The molecule has 1 aromatic carbocycles. The molecule has 0 unspecified atom stereocenters. The normalized spacial score (nSPS) is 10.9. The minimum atomic E-state index is -0.0919. The van der Waals surface area contributed by atoms with Gasteiger partial charge in [0.25, 0.3) is 0 Å². The van der Waals surface area contributed by atoms with Crippen LogP contribution in [0.15, 0.2) is 41.0 Å². The molecule has 0 aliphatic heterocycles. The molecule has 0 saturated heterocycles. The molecule has 1 heterocycles. The number of nitrogens with zero attached hydrogens (tertiary/aromatic N) is 2. The zero-order chi connectivity index (χ0) is 14.5. The Balaban J connectivity index is 2.11. The summed E-state index contributed by atoms with van der Waals surface area (Å²) in [4.78, 5) is 12.1. The van der Waals surface area contributed by atoms with E-state index in [4.69, 9.17) is 4.74 Å². The van der Waals surface area contributed by atoms with Gasteiger partial charge in [0.2, 0.25) is 5.78 Å². The van der Waals surface area contributed by atoms with Gasteiger partial charge >= 0.3 is 0 Å². The lowest BCUT2D eigenvalue weighted by atomic mass is 10.1. The van der Waals surface area contributed by atoms with Crippen molar-refractivity contribution in [1.82, 2.24) is 9.78 Å². The topological polar surface area (TPSA) is 44.1 Å². The highest BCUT2D eigenvalue weighted by Gasteiger charge is 2.12. The number of benzene rings is 1. The summed E-state index contributed by atoms with van der Waals surface area (Å²) in [7, 11) is 1.74. The number of aromatic nitrogens is 2. The Kier molecular flexibility index (Phi) is 4.74. The number of allylic oxidation sites excluding steroid dienone is 1. The van der Waals surface area contributed by atoms with Crippen LogP contribution in [0.5, 0.6) is 5.75 Å². The van der Waals surface area contributed by atoms with Gasteiger partial charge in [-0.15, -0.1) is 0 Å². The fraction of sp³-hybridized carbons (Fsp3) is 0.200. The van der Waals surface area contributed by atoms with Crippen molar-refractivity contribution < 1.29 is 9.53 Å². The molecule has 0 radical (unpaired) electrons. The van der Waals surface area contributed by atoms with Crippen molar-refractivity contribution in [3.63, 3.8) is 0 Å². The Labute approximate surface area is 126 Å². The largest absolute Gasteiger partial charge is 0.494 e. The maximum atomic E-state index is 12.1. The minimum absolute atomic E-state index is 0.0919. The molecule has 0 atom stereocenters. The van der Waals surface area contributed by atoms with E-state index in [0.717, 1.165) is 11.3 Å². The van der Waals surface area contributed by atoms with Gasteiger partial charge in [0.15, 0.2) is 0 Å². The van der Waals surface area contributed by atoms with Gasteiger partial charge < -0.3 is 4.74 Å². The maximum Gasteiger partial charge on any atom is 0.205 e. The van der Waals surface area contributed by atoms with E-state index in [1.54, 1.807) is 24.0 Å². The lowest BCUT2D eigenvalue weighted by Gasteiger charge is -2.02. The van der Waals surface area contributed by atoms with Gasteiger partial charge in [0.1, 0.15) is 11.4 Å². The molecule has 0 aliphatic rings. The fourth-order valence-electron chi connectivity index (χ4n) is 1.78. The van der Waals surface area contributed by atoms with Gasteiger partial charge in [0, 0.05) is 7.05 Å². The Morgan fingerprint density at radius 1 is 1.40 bits per heavy atom. The van der Waals surface area contributed by atoms with Crippen molar-refractivity contribution in [1.29, 1.82) is 0 Å². The van der Waals surface area contributed by atoms with Crippen LogP contribution < -0.4 is 4.74 Å². The maximum absolute atomic E-state index is 12.1. The van der Waals surface area contributed by atoms with Gasteiger partial charge in [0.05, 0.1) is 17.3 Å². The third kappa shape index (κ3) is 3.36. The first-order valence-corrected chi connectivity index (χ1v) is 7.04. The van der Waals surface area contributed by atoms with Crippen LogP contribution in [0.25, 0.3) is 6.08 Å². The van der Waals surface area contributed by atoms with Crippen molar-refractivity contribution in [2.75, 3.05) is 6.61 Å². The van der Waals surface area contributed by atoms with Gasteiger partial charge in [-0.3, -0.25) is 9.48 Å². The van der Waals surface area contributed by atoms with Crippen LogP contribution in [-0.4, -0.2) is 22.2 Å². The van der Waals surface area contributed by atoms with Crippen molar-refractivity contribution in [3.05, 3.63) is 52.3 Å². The standard InChI is InChI=1S/C15H15BrN2O2/c1-3-20-12-7-4-11(5-8-12)6-9-14(19)15-13(16)10-17-18(15)2/h4-10H,3H2,1-2H3. The van der Waals surface area contributed by atoms with Gasteiger partial charge in [-0.1, -0.05) is 18.2 Å². The number of ether oxygens (including phenoxy) is 1. The van der Waals surface area contributed by atoms with Gasteiger partial charge in [-0.2, -0.15) is 5.10 Å². The number of ketones is 1. The third-order valence-electron chi connectivity index (χ3n) is 2.75. The van der Waals surface area contributed by atoms with Crippen molar-refractivity contribution in [3.8, 4) is 5.75 Å². The monoisotopic (exact) mass is 334 g/mol. The molecule has 0 bridgehead atoms. The molecule has 2 rings (SSSR count). The van der Waals surface area contributed by atoms with E-state index in [2.05, 4.69) is 21.0 Å². The van der Waals surface area contributed by atoms with E-state index in [1.165, 1.54) is 6.08 Å². The van der Waals surface area contributed by atoms with E-state index in [9.17, 15) is 4.79 Å². The number of rotatable bonds is 5. The predicted octanol–water partition coefficient (Wildman–Crippen LogP) is 3.48. The number of carbonyl (C=O) groups is 1. The molecule has 0 fully saturated rings. The van der Waals surface area contributed by atoms with Crippen LogP contribution in [0.2, 0.25) is 0 Å². The van der Waals surface area contributed by atoms with Crippen molar-refractivity contribution in [2.24, 2.45) is 7.05 Å². The Hall–Kier alpha value is -1.88. The van der Waals surface area contributed by atoms with Crippen molar-refractivity contribution in [2.45, 2.75) is 6.92 Å². The fourth-order valence-corrected chi connectivity index (χ4v) is 2.32. The zero-order valence-corrected chi connectivity index (χ0v) is 12.9. The summed E-state index contributed by atoms with van der Waals surface area (Å²) in [6.45, 7) is 2.58. The molecule has 0 N–H and O–H groups in total. The first-order chi connectivity index (χ1) is 9.61. The average Bonchev–Trinajstić information content (AvgIpc) is 2.77. The second-order valence-electron chi connectivity index (χ2n) is 4.16. The molecule has 0 aliphatic carbocycles. The van der Waals surface area contributed by atoms with Crippen LogP contribution >= 0.6 is 15.9 Å². The van der Waals surface area contributed by atoms with Crippen molar-refractivity contribution >= 4 is 27.8 Å². The smallest absolute Gasteiger partial charge is 0.205 e. The lowest BCUT2D eigenvalue weighted by molar-refractivity contribution is 0.103. The second-order valence-corrected chi connectivity index (χ2v) is 5.02. The number of halogens is 1. The quantitative estimate of drug-likeness (QED) is 0.621. The van der Waals surface area contributed by atoms with E-state index in [1.807, 2.05) is 31.2 Å². The van der Waals surface area contributed by atoms with E-state index >= 15 is 0 Å². The summed E-state index contributed by atoms with van der Waals surface area (Å²) < 4.78 is 7.61. The Morgan fingerprint density at radius 2 is 2.10 bits per heavy atom. The average molecular weight is 335 g/mol. The van der Waals surface area contributed by atoms with Gasteiger partial charge in [-0.05, 0) is 46.6 Å². The molecule has 0 saturated carbocycles. The summed E-state index contributed by atoms with van der Waals surface area (Å²) >= 11 is 3.32. The van der Waals surface area contributed by atoms with Crippen LogP contribution in [0, 0.1) is 0 Å². The highest BCUT2D eigenvalue weighted by molar-refractivity contribution is 9.10. The number of aryl methyl sites for hydroxylation is 1. The third-order valence-corrected chi connectivity index (χ3v) is 3.33. The second kappa shape index (κ2) is 6.52. The summed E-state index contributed by atoms with van der Waals surface area (Å²) in [6, 6.07) is 7.58. The summed E-state index contributed by atoms with van der Waals surface area (Å²) in [6.07, 6.45) is 4.92. The molecule has 0 amide bonds. The SMILES string of the molecule is CCOc1ccc(C=CC(=O)c2c(Br)cnn2C)cc1. The molecule has 0 spiro atoms. The highest BCUT2D eigenvalue weighted by atomic mass is 79.9. The van der Waals surface area contributed by atoms with Crippen LogP contribution in [0.4, 0.5) is 0 Å². The van der Waals surface area contributed by atoms with E-state index < -0.39 is 0 Å². The van der Waals surface area contributed by atoms with Crippen LogP contribution in [-0.2, 0) is 7.05 Å². The zero-order valence-electron chi connectivity index (χ0n) is 11.3. The number of carbonyl (C=O) groups excluding carboxylic acids is 1. The van der Waals surface area contributed by atoms with E-state index in [0.29, 0.717) is 16.8 Å². The summed E-state index contributed by atoms with van der Waals surface area (Å²) in [5, 5.41) is 4.02. The minimum Gasteiger partial charge on any atom is -0.494 e. The molecule has 20 heavy (non-hydrogen) atoms. The molecule has 4 nitrogen and oxygen atoms in total. The first kappa shape index (κ1) is 14.5. The lowest BCUT2D eigenvalue weighted by Crippen LogP contribution is -2.04. The summed E-state index contributed by atoms with van der Waals surface area (Å²) in [5.41, 5.74) is 1.48. The molecule has 1 aromatic heterocycles. The Morgan fingerprint density at radius 3 is 2.65 bits per heavy atom. The summed E-state index contributed by atoms with van der Waals surface area (Å²) in [5.74, 6) is 0.733. The molecule has 2 aromatic rings.